The number of aliphatic hydroxyl groups excluding tert-OH is 2. The fraction of sp³-hybridized carbons (Fsp3) is 0.388. The van der Waals surface area contributed by atoms with Crippen LogP contribution in [0.1, 0.15) is 67.6 Å². The van der Waals surface area contributed by atoms with Crippen molar-refractivity contribution in [3.8, 4) is 17.2 Å². The lowest BCUT2D eigenvalue weighted by molar-refractivity contribution is -0.384. The Hall–Kier alpha value is -6.16. The minimum atomic E-state index is -1.65. The van der Waals surface area contributed by atoms with Gasteiger partial charge in [0.25, 0.3) is 5.69 Å². The topological polar surface area (TPSA) is 162 Å². The van der Waals surface area contributed by atoms with E-state index in [1.807, 2.05) is 6.07 Å². The van der Waals surface area contributed by atoms with Crippen molar-refractivity contribution < 1.29 is 52.5 Å². The molecule has 0 radical (unpaired) electrons. The van der Waals surface area contributed by atoms with Gasteiger partial charge in [-0.1, -0.05) is 60.5 Å². The van der Waals surface area contributed by atoms with E-state index in [0.29, 0.717) is 54.0 Å². The zero-order valence-electron chi connectivity index (χ0n) is 35.7. The van der Waals surface area contributed by atoms with Crippen LogP contribution in [0.15, 0.2) is 120 Å². The van der Waals surface area contributed by atoms with Gasteiger partial charge >= 0.3 is 6.09 Å². The van der Waals surface area contributed by atoms with Gasteiger partial charge in [-0.3, -0.25) is 15.0 Å². The monoisotopic (exact) mass is 881 g/mol. The molecule has 64 heavy (non-hydrogen) atoms. The quantitative estimate of drug-likeness (QED) is 0.0379. The van der Waals surface area contributed by atoms with E-state index < -0.39 is 34.6 Å². The normalized spacial score (nSPS) is 22.6. The van der Waals surface area contributed by atoms with Gasteiger partial charge < -0.3 is 34.0 Å². The molecule has 6 atom stereocenters. The standard InChI is InChI=1S/C49H53F2N3O10/c1-3-26-62-49-45(53(30-32-14-16-35(50)17-15-32)48(57)63-37-20-18-36(19-21-37)54(58)59)29-43(52-60-2)40-27-33(10-6-8-24-55)39(12-7-9-25-56)46(47(40)49)41-28-38(22-23-44(41)64-49)61-31-34-11-4-5-13-42(34)51/h3-5,11,13-23,27-28,33,39,45-47,55-56H,1,6-10,12,24-26,29-31H2,2H3/t33-,39+,45-,46+,47+,49+/m0/s1. The summed E-state index contributed by atoms with van der Waals surface area (Å²) in [5.74, 6) is -2.68. The second-order valence-corrected chi connectivity index (χ2v) is 16.2. The first kappa shape index (κ1) is 45.9. The number of rotatable bonds is 20. The van der Waals surface area contributed by atoms with E-state index in [0.717, 1.165) is 24.0 Å². The summed E-state index contributed by atoms with van der Waals surface area (Å²) in [6.45, 7) is 3.89. The van der Waals surface area contributed by atoms with Gasteiger partial charge in [-0.15, -0.1) is 6.58 Å². The van der Waals surface area contributed by atoms with E-state index in [1.54, 1.807) is 48.5 Å². The lowest BCUT2D eigenvalue weighted by Crippen LogP contribution is -2.70. The highest BCUT2D eigenvalue weighted by Gasteiger charge is 2.65. The van der Waals surface area contributed by atoms with Crippen LogP contribution in [0.4, 0.5) is 19.3 Å². The summed E-state index contributed by atoms with van der Waals surface area (Å²) in [7, 11) is 1.44. The molecule has 15 heteroatoms. The van der Waals surface area contributed by atoms with Crippen molar-refractivity contribution in [2.24, 2.45) is 22.9 Å². The molecule has 1 saturated carbocycles. The summed E-state index contributed by atoms with van der Waals surface area (Å²) >= 11 is 0. The van der Waals surface area contributed by atoms with Gasteiger partial charge in [-0.2, -0.15) is 0 Å². The van der Waals surface area contributed by atoms with E-state index >= 15 is 0 Å². The van der Waals surface area contributed by atoms with Crippen LogP contribution in [0.2, 0.25) is 0 Å². The SMILES string of the molecule is C=CCO[C@@]12Oc3ccc(OCc4ccccc4F)cc3[C@H]3[C@H](CCCCO)[C@@H](CCCCO)C=C(C(=NOC)C[C@@H]1N(Cc1ccc(F)cc1)C(=O)Oc1ccc([N+](=O)[O-])cc1)[C@H]32. The number of halogens is 2. The first-order valence-corrected chi connectivity index (χ1v) is 21.6. The van der Waals surface area contributed by atoms with Gasteiger partial charge in [0.15, 0.2) is 0 Å². The molecule has 0 bridgehead atoms. The summed E-state index contributed by atoms with van der Waals surface area (Å²) in [6.07, 6.45) is 7.05. The Bertz CT molecular complexity index is 2320. The van der Waals surface area contributed by atoms with E-state index in [4.69, 9.17) is 23.8 Å². The second-order valence-electron chi connectivity index (χ2n) is 16.2. The molecular formula is C49H53F2N3O10. The number of nitro benzene ring substituents is 1. The van der Waals surface area contributed by atoms with E-state index in [1.165, 1.54) is 54.5 Å². The molecule has 4 aromatic rings. The highest BCUT2D eigenvalue weighted by Crippen LogP contribution is 2.62. The van der Waals surface area contributed by atoms with Crippen LogP contribution < -0.4 is 14.2 Å². The van der Waals surface area contributed by atoms with Crippen molar-refractivity contribution in [1.82, 2.24) is 4.90 Å². The van der Waals surface area contributed by atoms with Crippen molar-refractivity contribution >= 4 is 17.5 Å². The van der Waals surface area contributed by atoms with Crippen molar-refractivity contribution in [2.75, 3.05) is 26.9 Å². The molecule has 1 fully saturated rings. The number of oxime groups is 1. The highest BCUT2D eigenvalue weighted by atomic mass is 19.1. The van der Waals surface area contributed by atoms with Gasteiger partial charge in [-0.05, 0) is 97.2 Å². The van der Waals surface area contributed by atoms with Crippen molar-refractivity contribution in [3.05, 3.63) is 154 Å². The molecule has 1 heterocycles. The average molecular weight is 882 g/mol. The molecule has 13 nitrogen and oxygen atoms in total. The number of allylic oxidation sites excluding steroid dienone is 1. The molecule has 7 rings (SSSR count). The fourth-order valence-electron chi connectivity index (χ4n) is 9.51. The number of amides is 1. The first-order valence-electron chi connectivity index (χ1n) is 21.6. The van der Waals surface area contributed by atoms with Crippen LogP contribution in [0, 0.1) is 39.5 Å². The number of non-ortho nitro benzene ring substituents is 1. The number of aliphatic hydroxyl groups is 2. The summed E-state index contributed by atoms with van der Waals surface area (Å²) in [6, 6.07) is 21.7. The Morgan fingerprint density at radius 3 is 2.39 bits per heavy atom. The number of benzene rings is 4. The third kappa shape index (κ3) is 9.96. The Morgan fingerprint density at radius 1 is 0.984 bits per heavy atom. The molecule has 2 N–H and O–H groups in total. The second kappa shape index (κ2) is 21.0. The Balaban J connectivity index is 1.42. The number of unbranched alkanes of at least 4 members (excludes halogenated alkanes) is 2. The molecule has 4 aromatic carbocycles. The van der Waals surface area contributed by atoms with Gasteiger partial charge in [0.05, 0.1) is 23.2 Å². The third-order valence-electron chi connectivity index (χ3n) is 12.3. The zero-order valence-corrected chi connectivity index (χ0v) is 35.7. The highest BCUT2D eigenvalue weighted by molar-refractivity contribution is 6.03. The van der Waals surface area contributed by atoms with Crippen molar-refractivity contribution in [3.63, 3.8) is 0 Å². The van der Waals surface area contributed by atoms with Gasteiger partial charge in [0.2, 0.25) is 5.79 Å². The summed E-state index contributed by atoms with van der Waals surface area (Å²) in [5, 5.41) is 35.8. The van der Waals surface area contributed by atoms with E-state index in [2.05, 4.69) is 17.8 Å². The summed E-state index contributed by atoms with van der Waals surface area (Å²) in [4.78, 5) is 32.7. The molecule has 0 spiro atoms. The van der Waals surface area contributed by atoms with Gasteiger partial charge in [0, 0.05) is 55.4 Å². The number of carbonyl (C=O) groups excluding carboxylic acids is 1. The lowest BCUT2D eigenvalue weighted by atomic mass is 9.55. The molecular weight excluding hydrogens is 829 g/mol. The predicted molar refractivity (Wildman–Crippen MR) is 234 cm³/mol. The molecule has 1 amide bonds. The number of fused-ring (bicyclic) bond motifs is 2. The number of nitro groups is 1. The smallest absolute Gasteiger partial charge is 0.416 e. The first-order chi connectivity index (χ1) is 31.1. The largest absolute Gasteiger partial charge is 0.489 e. The van der Waals surface area contributed by atoms with Crippen LogP contribution in [-0.4, -0.2) is 70.6 Å². The maximum Gasteiger partial charge on any atom is 0.416 e. The number of hydrogen-bond acceptors (Lipinski definition) is 11. The minimum Gasteiger partial charge on any atom is -0.489 e. The summed E-state index contributed by atoms with van der Waals surface area (Å²) in [5.41, 5.74) is 2.90. The number of ether oxygens (including phenoxy) is 4. The molecule has 0 aromatic heterocycles. The van der Waals surface area contributed by atoms with Gasteiger partial charge in [-0.25, -0.2) is 13.6 Å². The minimum absolute atomic E-state index is 0.000181. The maximum atomic E-state index is 14.8. The number of hydrogen-bond donors (Lipinski definition) is 2. The van der Waals surface area contributed by atoms with E-state index in [-0.39, 0.29) is 74.4 Å². The Labute approximate surface area is 370 Å². The van der Waals surface area contributed by atoms with Crippen molar-refractivity contribution in [1.29, 1.82) is 0 Å². The Kier molecular flexibility index (Phi) is 15.1. The molecule has 1 aliphatic heterocycles. The van der Waals surface area contributed by atoms with Crippen LogP contribution in [0.3, 0.4) is 0 Å². The number of carbonyl (C=O) groups is 1. The maximum absolute atomic E-state index is 14.8. The van der Waals surface area contributed by atoms with Crippen molar-refractivity contribution in [2.45, 2.75) is 75.8 Å². The van der Waals surface area contributed by atoms with E-state index in [9.17, 15) is 33.9 Å². The zero-order chi connectivity index (χ0) is 45.2. The molecule has 0 unspecified atom stereocenters. The predicted octanol–water partition coefficient (Wildman–Crippen LogP) is 9.42. The summed E-state index contributed by atoms with van der Waals surface area (Å²) < 4.78 is 55.5. The van der Waals surface area contributed by atoms with Crippen LogP contribution >= 0.6 is 0 Å². The molecule has 338 valence electrons. The van der Waals surface area contributed by atoms with Crippen LogP contribution in [-0.2, 0) is 22.7 Å². The Morgan fingerprint density at radius 2 is 1.70 bits per heavy atom. The third-order valence-corrected chi connectivity index (χ3v) is 12.3. The molecule has 2 aliphatic carbocycles. The lowest BCUT2D eigenvalue weighted by Gasteiger charge is -2.59. The fourth-order valence-corrected chi connectivity index (χ4v) is 9.51. The molecule has 0 saturated heterocycles. The average Bonchev–Trinajstić information content (AvgIpc) is 3.29. The number of nitrogens with zero attached hydrogens (tertiary/aromatic N) is 3. The van der Waals surface area contributed by atoms with Gasteiger partial charge in [0.1, 0.15) is 48.6 Å². The van der Waals surface area contributed by atoms with Crippen LogP contribution in [0.5, 0.6) is 17.2 Å². The molecule has 3 aliphatic rings. The van der Waals surface area contributed by atoms with Crippen LogP contribution in [0.25, 0.3) is 0 Å².